The topological polar surface area (TPSA) is 181 Å². The first-order chi connectivity index (χ1) is 13.9. The SMILES string of the molecule is CC(=O)Nc1c(O)cccc1[As](=O)(O)O.O=C(O)C(CCc1ccccc1)C(=O)O. The Balaban J connectivity index is 0.000000300. The number of carboxylic acids is 2. The molecule has 2 aromatic rings. The van der Waals surface area contributed by atoms with Crippen LogP contribution in [0.4, 0.5) is 5.69 Å². The van der Waals surface area contributed by atoms with Gasteiger partial charge in [-0.2, -0.15) is 0 Å². The molecule has 0 aromatic heterocycles. The zero-order chi connectivity index (χ0) is 22.9. The normalized spacial score (nSPS) is 10.7. The molecule has 11 heteroatoms. The molecule has 0 radical (unpaired) electrons. The van der Waals surface area contributed by atoms with Gasteiger partial charge in [-0.05, 0) is 18.4 Å². The molecule has 0 spiro atoms. The molecule has 162 valence electrons. The third-order valence-corrected chi connectivity index (χ3v) is 5.89. The largest absolute Gasteiger partial charge is 0.481 e. The average Bonchev–Trinajstić information content (AvgIpc) is 2.63. The summed E-state index contributed by atoms with van der Waals surface area (Å²) in [7, 11) is 0. The Bertz CT molecular complexity index is 926. The zero-order valence-electron chi connectivity index (χ0n) is 15.9. The fraction of sp³-hybridized carbons (Fsp3) is 0.211. The standard InChI is InChI=1S/C11H12O4.C8H10AsNO5/c12-10(13)9(11(14)15)7-6-8-4-2-1-3-5-8;1-5(11)10-8-6(9(13,14)15)3-2-4-7(8)12/h1-5,9H,6-7H2,(H,12,13)(H,14,15);2-4,12H,1H3,(H,10,11)(H2,13,14,15). The zero-order valence-corrected chi connectivity index (χ0v) is 17.8. The van der Waals surface area contributed by atoms with Gasteiger partial charge in [0.1, 0.15) is 0 Å². The summed E-state index contributed by atoms with van der Waals surface area (Å²) in [6.07, 6.45) is 0.582. The van der Waals surface area contributed by atoms with Crippen molar-refractivity contribution in [3.63, 3.8) is 0 Å². The van der Waals surface area contributed by atoms with E-state index >= 15 is 0 Å². The molecule has 2 aromatic carbocycles. The summed E-state index contributed by atoms with van der Waals surface area (Å²) in [5.41, 5.74) is 0.725. The molecule has 0 bridgehead atoms. The number of para-hydroxylation sites is 1. The molecule has 0 heterocycles. The van der Waals surface area contributed by atoms with Gasteiger partial charge in [0.15, 0.2) is 5.92 Å². The monoisotopic (exact) mass is 483 g/mol. The number of aliphatic carboxylic acids is 2. The van der Waals surface area contributed by atoms with Crippen LogP contribution >= 0.6 is 0 Å². The van der Waals surface area contributed by atoms with Crippen molar-refractivity contribution in [2.24, 2.45) is 5.92 Å². The maximum Gasteiger partial charge on any atom is 0.317 e. The molecule has 6 N–H and O–H groups in total. The van der Waals surface area contributed by atoms with E-state index in [0.717, 1.165) is 5.56 Å². The van der Waals surface area contributed by atoms with Crippen molar-refractivity contribution in [2.45, 2.75) is 19.8 Å². The molecule has 0 atom stereocenters. The molecular formula is C19H22AsNO9. The Morgan fingerprint density at radius 2 is 1.53 bits per heavy atom. The van der Waals surface area contributed by atoms with Crippen molar-refractivity contribution >= 4 is 42.1 Å². The van der Waals surface area contributed by atoms with Crippen LogP contribution in [0.3, 0.4) is 0 Å². The number of carbonyl (C=O) groups is 3. The van der Waals surface area contributed by atoms with Gasteiger partial charge in [-0.15, -0.1) is 0 Å². The Labute approximate surface area is 174 Å². The number of carboxylic acid groups (broad SMARTS) is 2. The van der Waals surface area contributed by atoms with Crippen LogP contribution in [0.5, 0.6) is 5.75 Å². The predicted molar refractivity (Wildman–Crippen MR) is 106 cm³/mol. The third kappa shape index (κ3) is 8.12. The van der Waals surface area contributed by atoms with E-state index in [2.05, 4.69) is 5.32 Å². The summed E-state index contributed by atoms with van der Waals surface area (Å²) in [5, 5.41) is 28.8. The van der Waals surface area contributed by atoms with Crippen LogP contribution in [-0.2, 0) is 24.5 Å². The number of aryl methyl sites for hydroxylation is 1. The van der Waals surface area contributed by atoms with Crippen LogP contribution in [0.2, 0.25) is 0 Å². The fourth-order valence-corrected chi connectivity index (χ4v) is 3.94. The van der Waals surface area contributed by atoms with Crippen LogP contribution in [0.1, 0.15) is 18.9 Å². The van der Waals surface area contributed by atoms with Gasteiger partial charge in [0.05, 0.1) is 0 Å². The van der Waals surface area contributed by atoms with Gasteiger partial charge in [0, 0.05) is 0 Å². The molecule has 0 aliphatic carbocycles. The molecule has 30 heavy (non-hydrogen) atoms. The number of hydrogen-bond donors (Lipinski definition) is 6. The Hall–Kier alpha value is -3.07. The van der Waals surface area contributed by atoms with Gasteiger partial charge in [-0.25, -0.2) is 0 Å². The second-order valence-electron chi connectivity index (χ2n) is 6.15. The van der Waals surface area contributed by atoms with E-state index in [4.69, 9.17) is 18.4 Å². The molecule has 0 saturated heterocycles. The quantitative estimate of drug-likeness (QED) is 0.184. The van der Waals surface area contributed by atoms with Crippen molar-refractivity contribution in [1.29, 1.82) is 0 Å². The van der Waals surface area contributed by atoms with Gasteiger partial charge < -0.3 is 10.2 Å². The number of anilines is 1. The number of phenols is 1. The van der Waals surface area contributed by atoms with Crippen molar-refractivity contribution in [3.05, 3.63) is 54.1 Å². The first-order valence-corrected chi connectivity index (χ1v) is 12.0. The van der Waals surface area contributed by atoms with Crippen LogP contribution in [0, 0.1) is 5.92 Å². The molecule has 0 unspecified atom stereocenters. The van der Waals surface area contributed by atoms with Gasteiger partial charge in [0.25, 0.3) is 0 Å². The number of hydrogen-bond acceptors (Lipinski definition) is 5. The Morgan fingerprint density at radius 3 is 2.00 bits per heavy atom. The van der Waals surface area contributed by atoms with Crippen LogP contribution in [0.15, 0.2) is 48.5 Å². The second-order valence-corrected chi connectivity index (χ2v) is 9.44. The van der Waals surface area contributed by atoms with Gasteiger partial charge in [-0.1, -0.05) is 30.3 Å². The number of rotatable bonds is 7. The molecule has 0 aliphatic rings. The fourth-order valence-electron chi connectivity index (χ4n) is 2.38. The summed E-state index contributed by atoms with van der Waals surface area (Å²) in [6.45, 7) is 1.18. The molecule has 0 saturated carbocycles. The number of amides is 1. The first-order valence-electron chi connectivity index (χ1n) is 8.58. The smallest absolute Gasteiger partial charge is 0.317 e. The Kier molecular flexibility index (Phi) is 9.32. The van der Waals surface area contributed by atoms with Crippen molar-refractivity contribution in [1.82, 2.24) is 0 Å². The van der Waals surface area contributed by atoms with Crippen LogP contribution in [-0.4, -0.2) is 55.5 Å². The third-order valence-electron chi connectivity index (χ3n) is 3.80. The van der Waals surface area contributed by atoms with E-state index in [-0.39, 0.29) is 22.2 Å². The summed E-state index contributed by atoms with van der Waals surface area (Å²) >= 11 is -5.14. The number of nitrogens with one attached hydrogen (secondary N) is 1. The number of carbonyl (C=O) groups excluding carboxylic acids is 1. The van der Waals surface area contributed by atoms with E-state index in [0.29, 0.717) is 6.42 Å². The minimum absolute atomic E-state index is 0.120. The van der Waals surface area contributed by atoms with E-state index < -0.39 is 37.9 Å². The predicted octanol–water partition coefficient (Wildman–Crippen LogP) is 0.316. The van der Waals surface area contributed by atoms with E-state index in [9.17, 15) is 23.2 Å². The summed E-state index contributed by atoms with van der Waals surface area (Å²) < 4.78 is 28.8. The van der Waals surface area contributed by atoms with Gasteiger partial charge in [-0.3, -0.25) is 9.59 Å². The van der Waals surface area contributed by atoms with Gasteiger partial charge in [0.2, 0.25) is 0 Å². The second kappa shape index (κ2) is 11.2. The molecule has 0 aliphatic heterocycles. The van der Waals surface area contributed by atoms with Crippen molar-refractivity contribution in [3.8, 4) is 5.75 Å². The van der Waals surface area contributed by atoms with E-state index in [1.54, 1.807) is 0 Å². The number of phenolic OH excluding ortho intramolecular Hbond substituents is 1. The van der Waals surface area contributed by atoms with Crippen molar-refractivity contribution in [2.75, 3.05) is 5.32 Å². The van der Waals surface area contributed by atoms with E-state index in [1.165, 1.54) is 25.1 Å². The van der Waals surface area contributed by atoms with E-state index in [1.807, 2.05) is 30.3 Å². The Morgan fingerprint density at radius 1 is 0.967 bits per heavy atom. The number of benzene rings is 2. The first kappa shape index (κ1) is 25.0. The maximum atomic E-state index is 11.1. The van der Waals surface area contributed by atoms with Crippen molar-refractivity contribution < 1.29 is 41.6 Å². The molecule has 1 amide bonds. The van der Waals surface area contributed by atoms with Crippen LogP contribution < -0.4 is 9.67 Å². The summed E-state index contributed by atoms with van der Waals surface area (Å²) in [6, 6.07) is 12.9. The molecule has 2 rings (SSSR count). The minimum atomic E-state index is -5.14. The molecule has 0 fully saturated rings. The molecular weight excluding hydrogens is 461 g/mol. The summed E-state index contributed by atoms with van der Waals surface area (Å²) in [5.74, 6) is -4.75. The minimum Gasteiger partial charge on any atom is -0.481 e. The average molecular weight is 483 g/mol. The van der Waals surface area contributed by atoms with Gasteiger partial charge >= 0.3 is 100 Å². The molecule has 10 nitrogen and oxygen atoms in total. The van der Waals surface area contributed by atoms with Crippen LogP contribution in [0.25, 0.3) is 0 Å². The maximum absolute atomic E-state index is 11.1. The number of aromatic hydroxyl groups is 1. The summed E-state index contributed by atoms with van der Waals surface area (Å²) in [4.78, 5) is 31.9.